The lowest BCUT2D eigenvalue weighted by atomic mass is 10.1. The summed E-state index contributed by atoms with van der Waals surface area (Å²) in [6, 6.07) is 14.5. The van der Waals surface area contributed by atoms with Gasteiger partial charge in [-0.1, -0.05) is 58.6 Å². The minimum Gasteiger partial charge on any atom is -0.495 e. The molecule has 0 aliphatic rings. The van der Waals surface area contributed by atoms with E-state index in [4.69, 9.17) is 39.5 Å². The highest BCUT2D eigenvalue weighted by Gasteiger charge is 2.34. The lowest BCUT2D eigenvalue weighted by molar-refractivity contribution is -0.140. The number of nitrogens with one attached hydrogen (secondary N) is 1. The quantitative estimate of drug-likeness (QED) is 0.270. The van der Waals surface area contributed by atoms with E-state index in [1.165, 1.54) is 48.4 Å². The van der Waals surface area contributed by atoms with Crippen LogP contribution in [-0.4, -0.2) is 50.4 Å². The van der Waals surface area contributed by atoms with Crippen LogP contribution in [0.4, 0.5) is 5.69 Å². The summed E-state index contributed by atoms with van der Waals surface area (Å²) in [6.45, 7) is 8.18. The van der Waals surface area contributed by atoms with Gasteiger partial charge in [0.25, 0.3) is 10.0 Å². The average Bonchev–Trinajstić information content (AvgIpc) is 2.90. The molecule has 2 amide bonds. The highest BCUT2D eigenvalue weighted by molar-refractivity contribution is 7.92. The summed E-state index contributed by atoms with van der Waals surface area (Å²) in [5.74, 6) is -0.715. The summed E-state index contributed by atoms with van der Waals surface area (Å²) >= 11 is 18.9. The number of hydrogen-bond acceptors (Lipinski definition) is 5. The van der Waals surface area contributed by atoms with Gasteiger partial charge < -0.3 is 15.0 Å². The molecule has 0 fully saturated rings. The summed E-state index contributed by atoms with van der Waals surface area (Å²) in [6.07, 6.45) is 0. The molecular formula is C30H34Cl3N3O5S. The third-order valence-corrected chi connectivity index (χ3v) is 9.00. The van der Waals surface area contributed by atoms with Crippen molar-refractivity contribution in [2.24, 2.45) is 0 Å². The average molecular weight is 655 g/mol. The van der Waals surface area contributed by atoms with Crippen LogP contribution in [0.15, 0.2) is 65.6 Å². The molecule has 226 valence electrons. The molecule has 3 rings (SSSR count). The number of aryl methyl sites for hydroxylation is 1. The predicted octanol–water partition coefficient (Wildman–Crippen LogP) is 6.49. The lowest BCUT2D eigenvalue weighted by Crippen LogP contribution is -2.54. The zero-order valence-corrected chi connectivity index (χ0v) is 27.3. The van der Waals surface area contributed by atoms with Crippen LogP contribution < -0.4 is 14.4 Å². The second kappa shape index (κ2) is 13.5. The third kappa shape index (κ3) is 8.31. The van der Waals surface area contributed by atoms with Crippen LogP contribution in [0.3, 0.4) is 0 Å². The van der Waals surface area contributed by atoms with E-state index in [1.54, 1.807) is 31.2 Å². The Hall–Kier alpha value is -2.98. The molecule has 12 heteroatoms. The van der Waals surface area contributed by atoms with E-state index < -0.39 is 40.0 Å². The number of halogens is 3. The van der Waals surface area contributed by atoms with Crippen molar-refractivity contribution in [1.82, 2.24) is 10.2 Å². The minimum absolute atomic E-state index is 0.0151. The molecule has 0 radical (unpaired) electrons. The molecule has 1 atom stereocenters. The Morgan fingerprint density at radius 3 is 2.14 bits per heavy atom. The van der Waals surface area contributed by atoms with Crippen LogP contribution in [0.25, 0.3) is 0 Å². The molecule has 3 aromatic rings. The molecule has 0 saturated carbocycles. The largest absolute Gasteiger partial charge is 0.495 e. The van der Waals surface area contributed by atoms with Crippen LogP contribution in [0.1, 0.15) is 38.8 Å². The second-order valence-electron chi connectivity index (χ2n) is 10.8. The van der Waals surface area contributed by atoms with Crippen molar-refractivity contribution >= 4 is 62.3 Å². The van der Waals surface area contributed by atoms with Crippen LogP contribution in [-0.2, 0) is 26.2 Å². The van der Waals surface area contributed by atoms with Crippen molar-refractivity contribution in [2.75, 3.05) is 18.0 Å². The first-order valence-corrected chi connectivity index (χ1v) is 15.6. The molecule has 0 aromatic heterocycles. The Kier molecular flexibility index (Phi) is 10.8. The molecule has 0 unspecified atom stereocenters. The van der Waals surface area contributed by atoms with Gasteiger partial charge in [-0.2, -0.15) is 0 Å². The number of anilines is 1. The van der Waals surface area contributed by atoms with E-state index in [9.17, 15) is 18.0 Å². The highest BCUT2D eigenvalue weighted by Crippen LogP contribution is 2.32. The number of carbonyl (C=O) groups excluding carboxylic acids is 2. The molecule has 0 aliphatic heterocycles. The number of rotatable bonds is 10. The van der Waals surface area contributed by atoms with Crippen molar-refractivity contribution in [1.29, 1.82) is 0 Å². The van der Waals surface area contributed by atoms with E-state index in [-0.39, 0.29) is 22.2 Å². The number of hydrogen-bond donors (Lipinski definition) is 1. The number of methoxy groups -OCH3 is 1. The van der Waals surface area contributed by atoms with Gasteiger partial charge in [-0.15, -0.1) is 0 Å². The third-order valence-electron chi connectivity index (χ3n) is 6.33. The van der Waals surface area contributed by atoms with Gasteiger partial charge in [0.2, 0.25) is 11.8 Å². The smallest absolute Gasteiger partial charge is 0.264 e. The van der Waals surface area contributed by atoms with Gasteiger partial charge in [0.1, 0.15) is 18.3 Å². The van der Waals surface area contributed by atoms with Crippen LogP contribution >= 0.6 is 34.8 Å². The fraction of sp³-hybridized carbons (Fsp3) is 0.333. The maximum atomic E-state index is 14.1. The van der Waals surface area contributed by atoms with E-state index in [0.717, 1.165) is 9.87 Å². The fourth-order valence-electron chi connectivity index (χ4n) is 4.07. The molecule has 3 aromatic carbocycles. The van der Waals surface area contributed by atoms with E-state index in [0.29, 0.717) is 21.4 Å². The first kappa shape index (κ1) is 33.5. The summed E-state index contributed by atoms with van der Waals surface area (Å²) < 4.78 is 34.1. The summed E-state index contributed by atoms with van der Waals surface area (Å²) in [5, 5.41) is 3.75. The summed E-state index contributed by atoms with van der Waals surface area (Å²) in [7, 11) is -2.82. The van der Waals surface area contributed by atoms with Crippen molar-refractivity contribution in [3.8, 4) is 5.75 Å². The molecule has 1 N–H and O–H groups in total. The Labute approximate surface area is 262 Å². The van der Waals surface area contributed by atoms with Crippen LogP contribution in [0, 0.1) is 6.92 Å². The zero-order valence-electron chi connectivity index (χ0n) is 24.2. The SMILES string of the molecule is COc1ccc(N(CC(=O)N(Cc2ccc(Cl)cc2Cl)[C@@H](C)C(=O)NC(C)(C)C)S(=O)(=O)c2ccc(C)cc2)cc1Cl. The topological polar surface area (TPSA) is 96.0 Å². The van der Waals surface area contributed by atoms with Crippen LogP contribution in [0.5, 0.6) is 5.75 Å². The van der Waals surface area contributed by atoms with Crippen molar-refractivity contribution in [3.63, 3.8) is 0 Å². The Morgan fingerprint density at radius 2 is 1.60 bits per heavy atom. The van der Waals surface area contributed by atoms with E-state index in [1.807, 2.05) is 27.7 Å². The van der Waals surface area contributed by atoms with Crippen molar-refractivity contribution < 1.29 is 22.7 Å². The number of benzene rings is 3. The highest BCUT2D eigenvalue weighted by atomic mass is 35.5. The summed E-state index contributed by atoms with van der Waals surface area (Å²) in [5.41, 5.74) is 0.976. The number of amides is 2. The standard InChI is InChI=1S/C30H34Cl3N3O5S/c1-19-7-12-24(13-8-19)42(39,40)36(23-11-14-27(41-6)26(33)16-23)18-28(37)35(20(2)29(38)34-30(3,4)5)17-21-9-10-22(31)15-25(21)32/h7-16,20H,17-18H2,1-6H3,(H,34,38)/t20-/m0/s1. The Bertz CT molecular complexity index is 1560. The molecule has 0 heterocycles. The Balaban J connectivity index is 2.10. The summed E-state index contributed by atoms with van der Waals surface area (Å²) in [4.78, 5) is 28.6. The van der Waals surface area contributed by atoms with Crippen LogP contribution in [0.2, 0.25) is 15.1 Å². The predicted molar refractivity (Wildman–Crippen MR) is 168 cm³/mol. The monoisotopic (exact) mass is 653 g/mol. The van der Waals surface area contributed by atoms with Crippen molar-refractivity contribution in [2.45, 2.75) is 57.6 Å². The van der Waals surface area contributed by atoms with Gasteiger partial charge in [-0.05, 0) is 82.6 Å². The Morgan fingerprint density at radius 1 is 0.952 bits per heavy atom. The van der Waals surface area contributed by atoms with Gasteiger partial charge >= 0.3 is 0 Å². The first-order chi connectivity index (χ1) is 19.5. The maximum absolute atomic E-state index is 14.1. The minimum atomic E-state index is -4.25. The van der Waals surface area contributed by atoms with Gasteiger partial charge in [-0.3, -0.25) is 13.9 Å². The molecular weight excluding hydrogens is 621 g/mol. The van der Waals surface area contributed by atoms with Gasteiger partial charge in [0, 0.05) is 22.1 Å². The fourth-order valence-corrected chi connectivity index (χ4v) is 6.19. The van der Waals surface area contributed by atoms with Gasteiger partial charge in [0.15, 0.2) is 0 Å². The molecule has 8 nitrogen and oxygen atoms in total. The van der Waals surface area contributed by atoms with E-state index in [2.05, 4.69) is 5.32 Å². The first-order valence-electron chi connectivity index (χ1n) is 13.0. The molecule has 0 bridgehead atoms. The maximum Gasteiger partial charge on any atom is 0.264 e. The molecule has 0 saturated heterocycles. The number of sulfonamides is 1. The van der Waals surface area contributed by atoms with E-state index >= 15 is 0 Å². The van der Waals surface area contributed by atoms with Crippen molar-refractivity contribution in [3.05, 3.63) is 86.9 Å². The second-order valence-corrected chi connectivity index (χ2v) is 13.9. The molecule has 0 spiro atoms. The molecule has 0 aliphatic carbocycles. The van der Waals surface area contributed by atoms with Gasteiger partial charge in [0.05, 0.1) is 22.7 Å². The molecule has 42 heavy (non-hydrogen) atoms. The van der Waals surface area contributed by atoms with Gasteiger partial charge in [-0.25, -0.2) is 8.42 Å². The zero-order chi connectivity index (χ0) is 31.4. The number of nitrogens with zero attached hydrogens (tertiary/aromatic N) is 2. The lowest BCUT2D eigenvalue weighted by Gasteiger charge is -2.33. The number of ether oxygens (including phenoxy) is 1. The number of carbonyl (C=O) groups is 2. The normalized spacial score (nSPS) is 12.4.